The van der Waals surface area contributed by atoms with E-state index >= 15 is 0 Å². The Morgan fingerprint density at radius 3 is 2.60 bits per heavy atom. The number of carbonyl (C=O) groups excluding carboxylic acids is 1. The fraction of sp³-hybridized carbons (Fsp3) is 0.115. The van der Waals surface area contributed by atoms with E-state index < -0.39 is 0 Å². The van der Waals surface area contributed by atoms with Gasteiger partial charge in [0.05, 0.1) is 12.7 Å². The van der Waals surface area contributed by atoms with E-state index in [-0.39, 0.29) is 11.5 Å². The molecule has 3 aromatic carbocycles. The lowest BCUT2D eigenvalue weighted by Gasteiger charge is -2.07. The first kappa shape index (κ1) is 19.5. The van der Waals surface area contributed by atoms with Crippen LogP contribution in [0.3, 0.4) is 0 Å². The van der Waals surface area contributed by atoms with Crippen molar-refractivity contribution < 1.29 is 19.0 Å². The van der Waals surface area contributed by atoms with Crippen molar-refractivity contribution >= 4 is 11.9 Å². The second kappa shape index (κ2) is 8.70. The molecule has 150 valence electrons. The third-order valence-electron chi connectivity index (χ3n) is 4.83. The molecule has 0 N–H and O–H groups in total. The average molecular weight is 398 g/mol. The number of hydrogen-bond acceptors (Lipinski definition) is 4. The number of ether oxygens (including phenoxy) is 3. The lowest BCUT2D eigenvalue weighted by molar-refractivity contribution is 0.101. The van der Waals surface area contributed by atoms with E-state index in [1.807, 2.05) is 42.5 Å². The summed E-state index contributed by atoms with van der Waals surface area (Å²) >= 11 is 0. The number of ketones is 1. The molecule has 4 nitrogen and oxygen atoms in total. The Morgan fingerprint density at radius 2 is 1.80 bits per heavy atom. The molecule has 1 aliphatic rings. The molecular weight excluding hydrogens is 376 g/mol. The van der Waals surface area contributed by atoms with E-state index in [2.05, 4.69) is 19.1 Å². The van der Waals surface area contributed by atoms with E-state index in [1.54, 1.807) is 37.5 Å². The number of hydrogen-bond donors (Lipinski definition) is 0. The zero-order valence-electron chi connectivity index (χ0n) is 16.9. The number of para-hydroxylation sites is 1. The number of methoxy groups -OCH3 is 1. The minimum absolute atomic E-state index is 0.139. The molecule has 0 fully saturated rings. The van der Waals surface area contributed by atoms with E-state index in [9.17, 15) is 4.79 Å². The molecule has 0 amide bonds. The lowest BCUT2D eigenvalue weighted by atomic mass is 10.1. The van der Waals surface area contributed by atoms with Gasteiger partial charge in [-0.3, -0.25) is 4.79 Å². The molecule has 0 spiro atoms. The topological polar surface area (TPSA) is 44.8 Å². The summed E-state index contributed by atoms with van der Waals surface area (Å²) < 4.78 is 17.0. The van der Waals surface area contributed by atoms with Crippen molar-refractivity contribution in [2.45, 2.75) is 13.5 Å². The molecule has 0 saturated carbocycles. The smallest absolute Gasteiger partial charge is 0.231 e. The Balaban J connectivity index is 1.45. The number of carbonyl (C=O) groups is 1. The van der Waals surface area contributed by atoms with E-state index in [0.29, 0.717) is 23.7 Å². The van der Waals surface area contributed by atoms with Crippen LogP contribution in [-0.4, -0.2) is 12.9 Å². The van der Waals surface area contributed by atoms with Crippen LogP contribution in [0.5, 0.6) is 17.2 Å². The molecule has 0 aliphatic carbocycles. The average Bonchev–Trinajstić information content (AvgIpc) is 3.08. The van der Waals surface area contributed by atoms with Gasteiger partial charge in [-0.25, -0.2) is 0 Å². The van der Waals surface area contributed by atoms with Crippen LogP contribution in [0.2, 0.25) is 0 Å². The van der Waals surface area contributed by atoms with Crippen LogP contribution >= 0.6 is 0 Å². The SMILES string of the molecule is COc1ccccc1C=CC=C1Oc2cc(OCc3ccc(C)cc3)ccc2C1=O. The number of benzene rings is 3. The highest BCUT2D eigenvalue weighted by molar-refractivity contribution is 6.12. The maximum Gasteiger partial charge on any atom is 0.231 e. The largest absolute Gasteiger partial charge is 0.496 e. The van der Waals surface area contributed by atoms with Crippen molar-refractivity contribution in [3.8, 4) is 17.2 Å². The summed E-state index contributed by atoms with van der Waals surface area (Å²) in [7, 11) is 1.63. The second-order valence-electron chi connectivity index (χ2n) is 7.00. The van der Waals surface area contributed by atoms with Crippen molar-refractivity contribution in [2.24, 2.45) is 0 Å². The molecule has 4 rings (SSSR count). The molecule has 1 heterocycles. The number of aryl methyl sites for hydroxylation is 1. The molecule has 3 aromatic rings. The van der Waals surface area contributed by atoms with E-state index in [4.69, 9.17) is 14.2 Å². The highest BCUT2D eigenvalue weighted by Gasteiger charge is 2.27. The minimum atomic E-state index is -0.139. The molecule has 0 unspecified atom stereocenters. The first-order valence-electron chi connectivity index (χ1n) is 9.70. The first-order valence-corrected chi connectivity index (χ1v) is 9.70. The summed E-state index contributed by atoms with van der Waals surface area (Å²) in [5.41, 5.74) is 3.75. The summed E-state index contributed by atoms with van der Waals surface area (Å²) in [4.78, 5) is 12.6. The Labute approximate surface area is 176 Å². The third kappa shape index (κ3) is 4.28. The van der Waals surface area contributed by atoms with Gasteiger partial charge in [0.2, 0.25) is 5.78 Å². The van der Waals surface area contributed by atoms with Gasteiger partial charge in [-0.1, -0.05) is 60.2 Å². The normalized spacial score (nSPS) is 14.1. The van der Waals surface area contributed by atoms with Gasteiger partial charge in [0.25, 0.3) is 0 Å². The Kier molecular flexibility index (Phi) is 5.66. The van der Waals surface area contributed by atoms with Gasteiger partial charge < -0.3 is 14.2 Å². The predicted octanol–water partition coefficient (Wildman–Crippen LogP) is 5.76. The predicted molar refractivity (Wildman–Crippen MR) is 117 cm³/mol. The van der Waals surface area contributed by atoms with Crippen molar-refractivity contribution in [3.05, 3.63) is 107 Å². The highest BCUT2D eigenvalue weighted by Crippen LogP contribution is 2.34. The second-order valence-corrected chi connectivity index (χ2v) is 7.00. The van der Waals surface area contributed by atoms with Crippen LogP contribution in [0.15, 0.2) is 84.6 Å². The Bertz CT molecular complexity index is 1120. The van der Waals surface area contributed by atoms with Gasteiger partial charge in [0.15, 0.2) is 5.76 Å². The number of allylic oxidation sites excluding steroid dienone is 3. The van der Waals surface area contributed by atoms with Gasteiger partial charge in [0, 0.05) is 11.6 Å². The molecular formula is C26H22O4. The van der Waals surface area contributed by atoms with Gasteiger partial charge in [-0.2, -0.15) is 0 Å². The van der Waals surface area contributed by atoms with Gasteiger partial charge in [-0.05, 0) is 36.8 Å². The fourth-order valence-electron chi connectivity index (χ4n) is 3.17. The van der Waals surface area contributed by atoms with Crippen LogP contribution < -0.4 is 14.2 Å². The monoisotopic (exact) mass is 398 g/mol. The molecule has 30 heavy (non-hydrogen) atoms. The number of Topliss-reactive ketones (excluding diaryl/α,β-unsaturated/α-hetero) is 1. The van der Waals surface area contributed by atoms with Crippen LogP contribution in [0.4, 0.5) is 0 Å². The van der Waals surface area contributed by atoms with Crippen molar-refractivity contribution in [1.29, 1.82) is 0 Å². The van der Waals surface area contributed by atoms with Crippen molar-refractivity contribution in [3.63, 3.8) is 0 Å². The van der Waals surface area contributed by atoms with Gasteiger partial charge >= 0.3 is 0 Å². The minimum Gasteiger partial charge on any atom is -0.496 e. The molecule has 0 radical (unpaired) electrons. The molecule has 0 aromatic heterocycles. The first-order chi connectivity index (χ1) is 14.6. The van der Waals surface area contributed by atoms with Crippen molar-refractivity contribution in [2.75, 3.05) is 7.11 Å². The lowest BCUT2D eigenvalue weighted by Crippen LogP contribution is -1.97. The Hall–Kier alpha value is -3.79. The van der Waals surface area contributed by atoms with E-state index in [0.717, 1.165) is 16.9 Å². The van der Waals surface area contributed by atoms with Crippen LogP contribution in [0.25, 0.3) is 6.08 Å². The molecule has 0 bridgehead atoms. The molecule has 0 atom stereocenters. The van der Waals surface area contributed by atoms with Crippen LogP contribution in [0, 0.1) is 6.92 Å². The quantitative estimate of drug-likeness (QED) is 0.496. The Morgan fingerprint density at radius 1 is 1.00 bits per heavy atom. The summed E-state index contributed by atoms with van der Waals surface area (Å²) in [5.74, 6) is 2.09. The number of rotatable bonds is 6. The fourth-order valence-corrected chi connectivity index (χ4v) is 3.17. The summed E-state index contributed by atoms with van der Waals surface area (Å²) in [6.07, 6.45) is 5.33. The maximum atomic E-state index is 12.6. The molecule has 1 aliphatic heterocycles. The van der Waals surface area contributed by atoms with Gasteiger partial charge in [0.1, 0.15) is 23.9 Å². The summed E-state index contributed by atoms with van der Waals surface area (Å²) in [6, 6.07) is 21.2. The number of fused-ring (bicyclic) bond motifs is 1. The highest BCUT2D eigenvalue weighted by atomic mass is 16.5. The van der Waals surface area contributed by atoms with E-state index in [1.165, 1.54) is 5.56 Å². The molecule has 4 heteroatoms. The van der Waals surface area contributed by atoms with Gasteiger partial charge in [-0.15, -0.1) is 0 Å². The maximum absolute atomic E-state index is 12.6. The standard InChI is InChI=1S/C26H22O4/c1-18-10-12-19(13-11-18)17-29-21-14-15-22-25(16-21)30-24(26(22)27)9-5-7-20-6-3-4-8-23(20)28-2/h3-16H,17H2,1-2H3. The zero-order chi connectivity index (χ0) is 20.9. The van der Waals surface area contributed by atoms with Crippen LogP contribution in [0.1, 0.15) is 27.0 Å². The molecule has 0 saturated heterocycles. The summed E-state index contributed by atoms with van der Waals surface area (Å²) in [6.45, 7) is 2.51. The summed E-state index contributed by atoms with van der Waals surface area (Å²) in [5, 5.41) is 0. The third-order valence-corrected chi connectivity index (χ3v) is 4.83. The van der Waals surface area contributed by atoms with Crippen LogP contribution in [-0.2, 0) is 6.61 Å². The van der Waals surface area contributed by atoms with Crippen molar-refractivity contribution in [1.82, 2.24) is 0 Å². The zero-order valence-corrected chi connectivity index (χ0v) is 16.9.